The first-order chi connectivity index (χ1) is 16.4. The van der Waals surface area contributed by atoms with Crippen LogP contribution in [0.2, 0.25) is 5.02 Å². The molecule has 10 heteroatoms. The molecular weight excluding hydrogens is 458 g/mol. The second-order valence-corrected chi connectivity index (χ2v) is 8.68. The van der Waals surface area contributed by atoms with Crippen molar-refractivity contribution in [1.82, 2.24) is 14.7 Å². The van der Waals surface area contributed by atoms with Gasteiger partial charge in [0.05, 0.1) is 13.7 Å². The Morgan fingerprint density at radius 3 is 2.18 bits per heavy atom. The van der Waals surface area contributed by atoms with E-state index in [0.29, 0.717) is 36.9 Å². The molecule has 0 bridgehead atoms. The fourth-order valence-corrected chi connectivity index (χ4v) is 4.18. The second-order valence-electron chi connectivity index (χ2n) is 8.24. The van der Waals surface area contributed by atoms with E-state index in [0.717, 1.165) is 24.5 Å². The van der Waals surface area contributed by atoms with Crippen molar-refractivity contribution in [3.63, 3.8) is 0 Å². The third kappa shape index (κ3) is 5.72. The Morgan fingerprint density at radius 1 is 0.912 bits per heavy atom. The van der Waals surface area contributed by atoms with E-state index in [1.165, 1.54) is 9.80 Å². The normalized spacial score (nSPS) is 16.5. The number of hydrogen-bond acceptors (Lipinski definition) is 5. The smallest absolute Gasteiger partial charge is 0.322 e. The van der Waals surface area contributed by atoms with Gasteiger partial charge in [0.1, 0.15) is 12.3 Å². The first-order valence-electron chi connectivity index (χ1n) is 11.2. The number of piperazine rings is 2. The topological polar surface area (TPSA) is 85.4 Å². The molecule has 0 atom stereocenters. The summed E-state index contributed by atoms with van der Waals surface area (Å²) in [5, 5.41) is 3.34. The van der Waals surface area contributed by atoms with Crippen LogP contribution in [0.3, 0.4) is 0 Å². The highest BCUT2D eigenvalue weighted by molar-refractivity contribution is 6.30. The predicted molar refractivity (Wildman–Crippen MR) is 130 cm³/mol. The summed E-state index contributed by atoms with van der Waals surface area (Å²) in [5.74, 6) is 0.509. The Labute approximate surface area is 203 Å². The van der Waals surface area contributed by atoms with Gasteiger partial charge in [0.2, 0.25) is 11.8 Å². The molecule has 0 radical (unpaired) electrons. The van der Waals surface area contributed by atoms with Gasteiger partial charge in [-0.25, -0.2) is 4.79 Å². The highest BCUT2D eigenvalue weighted by Gasteiger charge is 2.30. The Bertz CT molecular complexity index is 1020. The number of benzene rings is 2. The molecule has 2 heterocycles. The van der Waals surface area contributed by atoms with E-state index in [1.54, 1.807) is 36.3 Å². The lowest BCUT2D eigenvalue weighted by atomic mass is 10.2. The van der Waals surface area contributed by atoms with Crippen LogP contribution in [0, 0.1) is 0 Å². The summed E-state index contributed by atoms with van der Waals surface area (Å²) in [4.78, 5) is 44.9. The standard InChI is InChI=1S/C24H28ClN5O4/c1-34-21-8-6-20(7-9-21)27-10-12-28(13-11-27)22(31)16-29-14-15-30(17-23(29)32)24(33)26-19-4-2-18(25)3-5-19/h2-9H,10-17H2,1H3,(H,26,33). The van der Waals surface area contributed by atoms with Crippen LogP contribution >= 0.6 is 11.6 Å². The van der Waals surface area contributed by atoms with Crippen LogP contribution in [0.15, 0.2) is 48.5 Å². The Balaban J connectivity index is 1.23. The molecule has 1 N–H and O–H groups in total. The molecule has 180 valence electrons. The van der Waals surface area contributed by atoms with Gasteiger partial charge in [0.25, 0.3) is 0 Å². The van der Waals surface area contributed by atoms with Crippen LogP contribution in [0.1, 0.15) is 0 Å². The predicted octanol–water partition coefficient (Wildman–Crippen LogP) is 2.37. The van der Waals surface area contributed by atoms with Gasteiger partial charge in [-0.2, -0.15) is 0 Å². The highest BCUT2D eigenvalue weighted by atomic mass is 35.5. The van der Waals surface area contributed by atoms with E-state index in [1.807, 2.05) is 24.3 Å². The maximum absolute atomic E-state index is 12.8. The SMILES string of the molecule is COc1ccc(N2CCN(C(=O)CN3CCN(C(=O)Nc4ccc(Cl)cc4)CC3=O)CC2)cc1. The number of carbonyl (C=O) groups is 3. The molecule has 2 aromatic rings. The average Bonchev–Trinajstić information content (AvgIpc) is 2.86. The number of methoxy groups -OCH3 is 1. The Kier molecular flexibility index (Phi) is 7.42. The van der Waals surface area contributed by atoms with Gasteiger partial charge in [0, 0.05) is 55.7 Å². The van der Waals surface area contributed by atoms with Gasteiger partial charge in [-0.05, 0) is 48.5 Å². The summed E-state index contributed by atoms with van der Waals surface area (Å²) >= 11 is 5.86. The van der Waals surface area contributed by atoms with E-state index in [9.17, 15) is 14.4 Å². The minimum absolute atomic E-state index is 0.0357. The zero-order valence-electron chi connectivity index (χ0n) is 19.1. The van der Waals surface area contributed by atoms with Gasteiger partial charge in [-0.15, -0.1) is 0 Å². The van der Waals surface area contributed by atoms with Crippen molar-refractivity contribution in [2.45, 2.75) is 0 Å². The van der Waals surface area contributed by atoms with Gasteiger partial charge < -0.3 is 29.7 Å². The van der Waals surface area contributed by atoms with Gasteiger partial charge in [0.15, 0.2) is 0 Å². The molecule has 0 spiro atoms. The molecule has 0 saturated carbocycles. The number of anilines is 2. The number of nitrogens with zero attached hydrogens (tertiary/aromatic N) is 4. The second kappa shape index (κ2) is 10.6. The van der Waals surface area contributed by atoms with Crippen LogP contribution in [0.25, 0.3) is 0 Å². The summed E-state index contributed by atoms with van der Waals surface area (Å²) in [5.41, 5.74) is 1.70. The zero-order valence-corrected chi connectivity index (χ0v) is 19.8. The van der Waals surface area contributed by atoms with Crippen molar-refractivity contribution < 1.29 is 19.1 Å². The van der Waals surface area contributed by atoms with Crippen LogP contribution in [-0.4, -0.2) is 92.0 Å². The minimum Gasteiger partial charge on any atom is -0.497 e. The van der Waals surface area contributed by atoms with Crippen LogP contribution < -0.4 is 15.0 Å². The van der Waals surface area contributed by atoms with Crippen LogP contribution in [-0.2, 0) is 9.59 Å². The lowest BCUT2D eigenvalue weighted by molar-refractivity contribution is -0.143. The number of amides is 4. The molecule has 2 fully saturated rings. The minimum atomic E-state index is -0.351. The van der Waals surface area contributed by atoms with E-state index < -0.39 is 0 Å². The molecule has 2 aromatic carbocycles. The third-order valence-electron chi connectivity index (χ3n) is 6.10. The molecule has 0 unspecified atom stereocenters. The number of hydrogen-bond donors (Lipinski definition) is 1. The largest absolute Gasteiger partial charge is 0.497 e. The first kappa shape index (κ1) is 23.7. The van der Waals surface area contributed by atoms with Gasteiger partial charge >= 0.3 is 6.03 Å². The average molecular weight is 486 g/mol. The number of urea groups is 1. The number of nitrogens with one attached hydrogen (secondary N) is 1. The molecule has 0 aliphatic carbocycles. The maximum atomic E-state index is 12.8. The van der Waals surface area contributed by atoms with Crippen molar-refractivity contribution in [3.8, 4) is 5.75 Å². The maximum Gasteiger partial charge on any atom is 0.322 e. The molecule has 9 nitrogen and oxygen atoms in total. The van der Waals surface area contributed by atoms with Crippen molar-refractivity contribution in [2.75, 3.05) is 69.7 Å². The monoisotopic (exact) mass is 485 g/mol. The van der Waals surface area contributed by atoms with E-state index in [2.05, 4.69) is 10.2 Å². The number of rotatable bonds is 5. The van der Waals surface area contributed by atoms with Crippen molar-refractivity contribution >= 4 is 40.8 Å². The lowest BCUT2D eigenvalue weighted by Crippen LogP contribution is -2.57. The fourth-order valence-electron chi connectivity index (χ4n) is 4.06. The summed E-state index contributed by atoms with van der Waals surface area (Å²) in [6.07, 6.45) is 0. The summed E-state index contributed by atoms with van der Waals surface area (Å²) < 4.78 is 5.20. The molecule has 2 aliphatic rings. The van der Waals surface area contributed by atoms with Crippen molar-refractivity contribution in [1.29, 1.82) is 0 Å². The molecule has 34 heavy (non-hydrogen) atoms. The van der Waals surface area contributed by atoms with E-state index in [-0.39, 0.29) is 30.9 Å². The quantitative estimate of drug-likeness (QED) is 0.702. The number of ether oxygens (including phenoxy) is 1. The molecule has 2 saturated heterocycles. The van der Waals surface area contributed by atoms with Gasteiger partial charge in [-0.3, -0.25) is 9.59 Å². The zero-order chi connectivity index (χ0) is 24.1. The van der Waals surface area contributed by atoms with Crippen molar-refractivity contribution in [3.05, 3.63) is 53.6 Å². The summed E-state index contributed by atoms with van der Waals surface area (Å²) in [6.45, 7) is 3.32. The van der Waals surface area contributed by atoms with E-state index in [4.69, 9.17) is 16.3 Å². The summed E-state index contributed by atoms with van der Waals surface area (Å²) in [6, 6.07) is 14.3. The van der Waals surface area contributed by atoms with Crippen LogP contribution in [0.5, 0.6) is 5.75 Å². The molecule has 0 aromatic heterocycles. The van der Waals surface area contributed by atoms with Crippen LogP contribution in [0.4, 0.5) is 16.2 Å². The molecule has 4 rings (SSSR count). The Hall–Kier alpha value is -3.46. The molecule has 2 aliphatic heterocycles. The molecular formula is C24H28ClN5O4. The van der Waals surface area contributed by atoms with E-state index >= 15 is 0 Å². The first-order valence-corrected chi connectivity index (χ1v) is 11.6. The molecule has 4 amide bonds. The fraction of sp³-hybridized carbons (Fsp3) is 0.375. The number of halogens is 1. The van der Waals surface area contributed by atoms with Gasteiger partial charge in [-0.1, -0.05) is 11.6 Å². The highest BCUT2D eigenvalue weighted by Crippen LogP contribution is 2.21. The number of carbonyl (C=O) groups excluding carboxylic acids is 3. The lowest BCUT2D eigenvalue weighted by Gasteiger charge is -2.38. The summed E-state index contributed by atoms with van der Waals surface area (Å²) in [7, 11) is 1.64. The van der Waals surface area contributed by atoms with Crippen molar-refractivity contribution in [2.24, 2.45) is 0 Å². The third-order valence-corrected chi connectivity index (χ3v) is 6.35. The Morgan fingerprint density at radius 2 is 1.56 bits per heavy atom.